The Morgan fingerprint density at radius 1 is 1.16 bits per heavy atom. The zero-order valence-corrected chi connectivity index (χ0v) is 14.0. The number of carbonyl (C=O) groups excluding carboxylic acids is 1. The summed E-state index contributed by atoms with van der Waals surface area (Å²) in [4.78, 5) is 17.2. The third-order valence-corrected chi connectivity index (χ3v) is 4.64. The number of aliphatic hydroxyl groups is 1. The first-order valence-electron chi connectivity index (χ1n) is 8.70. The Labute approximate surface area is 146 Å². The molecule has 0 aliphatic heterocycles. The van der Waals surface area contributed by atoms with E-state index in [2.05, 4.69) is 10.3 Å². The van der Waals surface area contributed by atoms with Crippen molar-refractivity contribution in [1.29, 1.82) is 0 Å². The molecule has 1 aromatic carbocycles. The number of amides is 1. The predicted octanol–water partition coefficient (Wildman–Crippen LogP) is 2.68. The summed E-state index contributed by atoms with van der Waals surface area (Å²) in [5.41, 5.74) is 3.41. The standard InChI is InChI=1S/C20H21N3O2/c24-13-15-6-4-14(5-7-15)10-11-21-20(25)18-17-3-1-2-12-23(17)19(22-18)16-8-9-16/h1-7,12,16,24H,8-11,13H2,(H,21,25). The van der Waals surface area contributed by atoms with Crippen LogP contribution in [-0.2, 0) is 13.0 Å². The number of rotatable bonds is 6. The minimum atomic E-state index is -0.123. The van der Waals surface area contributed by atoms with Crippen LogP contribution in [0.2, 0.25) is 0 Å². The number of imidazole rings is 1. The Bertz CT molecular complexity index is 895. The van der Waals surface area contributed by atoms with Crippen LogP contribution in [0.1, 0.15) is 46.2 Å². The van der Waals surface area contributed by atoms with Crippen LogP contribution in [-0.4, -0.2) is 26.9 Å². The molecule has 2 N–H and O–H groups in total. The van der Waals surface area contributed by atoms with Crippen molar-refractivity contribution in [3.05, 3.63) is 71.3 Å². The topological polar surface area (TPSA) is 66.6 Å². The van der Waals surface area contributed by atoms with Crippen molar-refractivity contribution >= 4 is 11.4 Å². The number of aliphatic hydroxyl groups excluding tert-OH is 1. The monoisotopic (exact) mass is 335 g/mol. The summed E-state index contributed by atoms with van der Waals surface area (Å²) >= 11 is 0. The third-order valence-electron chi connectivity index (χ3n) is 4.64. The lowest BCUT2D eigenvalue weighted by Gasteiger charge is -2.05. The lowest BCUT2D eigenvalue weighted by Crippen LogP contribution is -2.26. The molecule has 2 heterocycles. The number of benzene rings is 1. The average Bonchev–Trinajstić information content (AvgIpc) is 3.42. The van der Waals surface area contributed by atoms with Crippen molar-refractivity contribution in [2.75, 3.05) is 6.54 Å². The highest BCUT2D eigenvalue weighted by atomic mass is 16.3. The quantitative estimate of drug-likeness (QED) is 0.728. The Morgan fingerprint density at radius 2 is 1.92 bits per heavy atom. The van der Waals surface area contributed by atoms with Gasteiger partial charge in [0.1, 0.15) is 5.82 Å². The SMILES string of the molecule is O=C(NCCc1ccc(CO)cc1)c1nc(C2CC2)n2ccccc12. The van der Waals surface area contributed by atoms with Gasteiger partial charge in [-0.1, -0.05) is 30.3 Å². The normalized spacial score (nSPS) is 14.0. The second-order valence-corrected chi connectivity index (χ2v) is 6.53. The van der Waals surface area contributed by atoms with Crippen LogP contribution in [0.3, 0.4) is 0 Å². The molecule has 1 saturated carbocycles. The predicted molar refractivity (Wildman–Crippen MR) is 95.6 cm³/mol. The number of pyridine rings is 1. The summed E-state index contributed by atoms with van der Waals surface area (Å²) < 4.78 is 2.04. The number of aromatic nitrogens is 2. The first-order valence-corrected chi connectivity index (χ1v) is 8.70. The number of nitrogens with zero attached hydrogens (tertiary/aromatic N) is 2. The number of carbonyl (C=O) groups is 1. The van der Waals surface area contributed by atoms with Gasteiger partial charge in [-0.25, -0.2) is 4.98 Å². The number of hydrogen-bond donors (Lipinski definition) is 2. The Balaban J connectivity index is 1.45. The Hall–Kier alpha value is -2.66. The second kappa shape index (κ2) is 6.69. The van der Waals surface area contributed by atoms with E-state index in [1.54, 1.807) is 0 Å². The first-order chi connectivity index (χ1) is 12.3. The van der Waals surface area contributed by atoms with Gasteiger partial charge in [-0.15, -0.1) is 0 Å². The zero-order chi connectivity index (χ0) is 17.2. The van der Waals surface area contributed by atoms with E-state index in [4.69, 9.17) is 5.11 Å². The molecule has 1 fully saturated rings. The summed E-state index contributed by atoms with van der Waals surface area (Å²) in [7, 11) is 0. The van der Waals surface area contributed by atoms with Crippen molar-refractivity contribution in [1.82, 2.24) is 14.7 Å². The Kier molecular flexibility index (Phi) is 4.24. The smallest absolute Gasteiger partial charge is 0.272 e. The molecule has 4 rings (SSSR count). The highest BCUT2D eigenvalue weighted by Gasteiger charge is 2.30. The average molecular weight is 335 g/mol. The van der Waals surface area contributed by atoms with Gasteiger partial charge in [-0.2, -0.15) is 0 Å². The summed E-state index contributed by atoms with van der Waals surface area (Å²) in [6, 6.07) is 13.6. The highest BCUT2D eigenvalue weighted by molar-refractivity contribution is 5.99. The van der Waals surface area contributed by atoms with Gasteiger partial charge in [-0.05, 0) is 42.5 Å². The maximum absolute atomic E-state index is 12.6. The molecule has 1 aliphatic carbocycles. The maximum Gasteiger partial charge on any atom is 0.272 e. The van der Waals surface area contributed by atoms with Gasteiger partial charge in [0.05, 0.1) is 12.1 Å². The molecular formula is C20H21N3O2. The van der Waals surface area contributed by atoms with Gasteiger partial charge in [-0.3, -0.25) is 4.79 Å². The van der Waals surface area contributed by atoms with E-state index < -0.39 is 0 Å². The number of hydrogen-bond acceptors (Lipinski definition) is 3. The van der Waals surface area contributed by atoms with Gasteiger partial charge in [0.2, 0.25) is 0 Å². The van der Waals surface area contributed by atoms with Crippen LogP contribution in [0, 0.1) is 0 Å². The molecule has 1 aliphatic rings. The van der Waals surface area contributed by atoms with Crippen LogP contribution in [0.5, 0.6) is 0 Å². The van der Waals surface area contributed by atoms with Crippen molar-refractivity contribution < 1.29 is 9.90 Å². The molecule has 3 aromatic rings. The van der Waals surface area contributed by atoms with Crippen molar-refractivity contribution in [2.45, 2.75) is 31.8 Å². The van der Waals surface area contributed by atoms with Gasteiger partial charge in [0, 0.05) is 18.7 Å². The summed E-state index contributed by atoms with van der Waals surface area (Å²) in [5.74, 6) is 1.37. The fourth-order valence-electron chi connectivity index (χ4n) is 3.07. The number of nitrogens with one attached hydrogen (secondary N) is 1. The molecule has 25 heavy (non-hydrogen) atoms. The second-order valence-electron chi connectivity index (χ2n) is 6.53. The molecule has 1 amide bonds. The van der Waals surface area contributed by atoms with Crippen LogP contribution in [0.25, 0.3) is 5.52 Å². The molecule has 0 saturated heterocycles. The van der Waals surface area contributed by atoms with Gasteiger partial charge < -0.3 is 14.8 Å². The number of fused-ring (bicyclic) bond motifs is 1. The van der Waals surface area contributed by atoms with E-state index in [0.29, 0.717) is 18.2 Å². The van der Waals surface area contributed by atoms with Gasteiger partial charge in [0.25, 0.3) is 5.91 Å². The maximum atomic E-state index is 12.6. The fraction of sp³-hybridized carbons (Fsp3) is 0.300. The van der Waals surface area contributed by atoms with Gasteiger partial charge >= 0.3 is 0 Å². The van der Waals surface area contributed by atoms with Crippen LogP contribution < -0.4 is 5.32 Å². The fourth-order valence-corrected chi connectivity index (χ4v) is 3.07. The van der Waals surface area contributed by atoms with E-state index >= 15 is 0 Å². The zero-order valence-electron chi connectivity index (χ0n) is 14.0. The molecule has 0 unspecified atom stereocenters. The summed E-state index contributed by atoms with van der Waals surface area (Å²) in [6.07, 6.45) is 5.03. The molecule has 0 radical (unpaired) electrons. The molecule has 128 valence electrons. The largest absolute Gasteiger partial charge is 0.392 e. The Morgan fingerprint density at radius 3 is 2.64 bits per heavy atom. The molecule has 2 aromatic heterocycles. The van der Waals surface area contributed by atoms with Crippen LogP contribution in [0.4, 0.5) is 0 Å². The molecule has 0 spiro atoms. The summed E-state index contributed by atoms with van der Waals surface area (Å²) in [6.45, 7) is 0.607. The molecule has 5 heteroatoms. The van der Waals surface area contributed by atoms with E-state index in [1.165, 1.54) is 0 Å². The van der Waals surface area contributed by atoms with E-state index in [1.807, 2.05) is 53.1 Å². The molecule has 5 nitrogen and oxygen atoms in total. The lowest BCUT2D eigenvalue weighted by molar-refractivity contribution is 0.0951. The van der Waals surface area contributed by atoms with Gasteiger partial charge in [0.15, 0.2) is 5.69 Å². The lowest BCUT2D eigenvalue weighted by atomic mass is 10.1. The first kappa shape index (κ1) is 15.8. The van der Waals surface area contributed by atoms with Crippen molar-refractivity contribution in [3.63, 3.8) is 0 Å². The van der Waals surface area contributed by atoms with E-state index in [0.717, 1.165) is 41.7 Å². The van der Waals surface area contributed by atoms with Crippen molar-refractivity contribution in [2.24, 2.45) is 0 Å². The van der Waals surface area contributed by atoms with Crippen molar-refractivity contribution in [3.8, 4) is 0 Å². The minimum Gasteiger partial charge on any atom is -0.392 e. The summed E-state index contributed by atoms with van der Waals surface area (Å²) in [5, 5.41) is 12.0. The van der Waals surface area contributed by atoms with E-state index in [-0.39, 0.29) is 12.5 Å². The molecular weight excluding hydrogens is 314 g/mol. The van der Waals surface area contributed by atoms with Crippen LogP contribution >= 0.6 is 0 Å². The van der Waals surface area contributed by atoms with Crippen LogP contribution in [0.15, 0.2) is 48.7 Å². The minimum absolute atomic E-state index is 0.0493. The third kappa shape index (κ3) is 3.28. The highest BCUT2D eigenvalue weighted by Crippen LogP contribution is 2.39. The molecule has 0 atom stereocenters. The van der Waals surface area contributed by atoms with E-state index in [9.17, 15) is 4.79 Å². The molecule has 0 bridgehead atoms.